The molecule has 1 unspecified atom stereocenters. The van der Waals surface area contributed by atoms with Crippen LogP contribution >= 0.6 is 27.7 Å². The zero-order valence-electron chi connectivity index (χ0n) is 9.58. The molecule has 0 saturated carbocycles. The third-order valence-electron chi connectivity index (χ3n) is 3.28. The normalized spacial score (nSPS) is 19.6. The number of hydrogen-bond donors (Lipinski definition) is 1. The van der Waals surface area contributed by atoms with E-state index in [1.165, 1.54) is 29.9 Å². The predicted octanol–water partition coefficient (Wildman–Crippen LogP) is 3.85. The summed E-state index contributed by atoms with van der Waals surface area (Å²) in [6, 6.07) is 9.25. The molecule has 3 heteroatoms. The van der Waals surface area contributed by atoms with Crippen LogP contribution in [0.3, 0.4) is 0 Å². The molecule has 1 heterocycles. The van der Waals surface area contributed by atoms with E-state index in [9.17, 15) is 0 Å². The summed E-state index contributed by atoms with van der Waals surface area (Å²) in [6.07, 6.45) is 2.68. The summed E-state index contributed by atoms with van der Waals surface area (Å²) in [5.74, 6) is 3.44. The zero-order chi connectivity index (χ0) is 11.4. The van der Waals surface area contributed by atoms with Crippen molar-refractivity contribution in [2.24, 2.45) is 5.92 Å². The Morgan fingerprint density at radius 3 is 2.44 bits per heavy atom. The highest BCUT2D eigenvalue weighted by molar-refractivity contribution is 9.10. The Morgan fingerprint density at radius 2 is 1.88 bits per heavy atom. The highest BCUT2D eigenvalue weighted by Gasteiger charge is 2.23. The smallest absolute Gasteiger partial charge is 0.0346 e. The van der Waals surface area contributed by atoms with Gasteiger partial charge in [-0.2, -0.15) is 11.8 Å². The first kappa shape index (κ1) is 12.5. The van der Waals surface area contributed by atoms with Gasteiger partial charge in [-0.1, -0.05) is 28.1 Å². The van der Waals surface area contributed by atoms with Gasteiger partial charge in [0.1, 0.15) is 0 Å². The van der Waals surface area contributed by atoms with E-state index in [1.54, 1.807) is 0 Å². The number of nitrogens with one attached hydrogen (secondary N) is 1. The van der Waals surface area contributed by atoms with Crippen molar-refractivity contribution in [1.29, 1.82) is 0 Å². The summed E-state index contributed by atoms with van der Waals surface area (Å²) < 4.78 is 1.16. The third kappa shape index (κ3) is 3.02. The molecule has 1 nitrogen and oxygen atoms in total. The SMILES string of the molecule is CNC(c1ccc(Br)cc1)C1CCSCC1. The Kier molecular flexibility index (Phi) is 4.74. The van der Waals surface area contributed by atoms with Gasteiger partial charge in [0.25, 0.3) is 0 Å². The van der Waals surface area contributed by atoms with Crippen LogP contribution in [0.2, 0.25) is 0 Å². The Balaban J connectivity index is 2.11. The summed E-state index contributed by atoms with van der Waals surface area (Å²) in [6.45, 7) is 0. The molecule has 1 aromatic rings. The molecular weight excluding hydrogens is 282 g/mol. The van der Waals surface area contributed by atoms with Crippen LogP contribution in [0.4, 0.5) is 0 Å². The average Bonchev–Trinajstić information content (AvgIpc) is 2.34. The third-order valence-corrected chi connectivity index (χ3v) is 4.85. The molecule has 2 rings (SSSR count). The molecule has 16 heavy (non-hydrogen) atoms. The van der Waals surface area contributed by atoms with E-state index in [2.05, 4.69) is 64.3 Å². The topological polar surface area (TPSA) is 12.0 Å². The molecule has 0 bridgehead atoms. The predicted molar refractivity (Wildman–Crippen MR) is 76.0 cm³/mol. The minimum Gasteiger partial charge on any atom is -0.313 e. The van der Waals surface area contributed by atoms with E-state index in [1.807, 2.05) is 0 Å². The van der Waals surface area contributed by atoms with Crippen LogP contribution in [0.5, 0.6) is 0 Å². The first-order chi connectivity index (χ1) is 7.81. The summed E-state index contributed by atoms with van der Waals surface area (Å²) >= 11 is 5.58. The lowest BCUT2D eigenvalue weighted by Crippen LogP contribution is -2.28. The van der Waals surface area contributed by atoms with Crippen molar-refractivity contribution in [1.82, 2.24) is 5.32 Å². The summed E-state index contributed by atoms with van der Waals surface area (Å²) in [4.78, 5) is 0. The van der Waals surface area contributed by atoms with Crippen LogP contribution in [0.15, 0.2) is 28.7 Å². The number of halogens is 1. The van der Waals surface area contributed by atoms with Gasteiger partial charge in [0.2, 0.25) is 0 Å². The molecule has 1 atom stereocenters. The average molecular weight is 300 g/mol. The fourth-order valence-corrected chi connectivity index (χ4v) is 3.80. The summed E-state index contributed by atoms with van der Waals surface area (Å²) in [5.41, 5.74) is 1.42. The minimum atomic E-state index is 0.522. The Labute approximate surface area is 111 Å². The van der Waals surface area contributed by atoms with Gasteiger partial charge in [0.05, 0.1) is 0 Å². The molecular formula is C13H18BrNS. The number of rotatable bonds is 3. The van der Waals surface area contributed by atoms with Crippen LogP contribution in [0.25, 0.3) is 0 Å². The second-order valence-electron chi connectivity index (χ2n) is 4.27. The van der Waals surface area contributed by atoms with Gasteiger partial charge in [-0.3, -0.25) is 0 Å². The molecule has 0 radical (unpaired) electrons. The van der Waals surface area contributed by atoms with E-state index in [-0.39, 0.29) is 0 Å². The van der Waals surface area contributed by atoms with E-state index in [0.717, 1.165) is 10.4 Å². The Hall–Kier alpha value is 0.01000. The molecule has 1 aliphatic rings. The first-order valence-corrected chi connectivity index (χ1v) is 7.76. The van der Waals surface area contributed by atoms with Crippen molar-refractivity contribution in [3.63, 3.8) is 0 Å². The van der Waals surface area contributed by atoms with E-state index < -0.39 is 0 Å². The molecule has 88 valence electrons. The minimum absolute atomic E-state index is 0.522. The van der Waals surface area contributed by atoms with Crippen LogP contribution < -0.4 is 5.32 Å². The van der Waals surface area contributed by atoms with Crippen LogP contribution in [-0.2, 0) is 0 Å². The van der Waals surface area contributed by atoms with Crippen LogP contribution in [0, 0.1) is 5.92 Å². The van der Waals surface area contributed by atoms with Gasteiger partial charge >= 0.3 is 0 Å². The molecule has 1 aliphatic heterocycles. The number of benzene rings is 1. The highest BCUT2D eigenvalue weighted by Crippen LogP contribution is 2.33. The summed E-state index contributed by atoms with van der Waals surface area (Å²) in [7, 11) is 2.08. The first-order valence-electron chi connectivity index (χ1n) is 5.81. The van der Waals surface area contributed by atoms with Gasteiger partial charge in [0, 0.05) is 10.5 Å². The second kappa shape index (κ2) is 6.08. The van der Waals surface area contributed by atoms with Crippen molar-refractivity contribution in [3.05, 3.63) is 34.3 Å². The highest BCUT2D eigenvalue weighted by atomic mass is 79.9. The maximum atomic E-state index is 3.49. The molecule has 0 amide bonds. The monoisotopic (exact) mass is 299 g/mol. The maximum Gasteiger partial charge on any atom is 0.0346 e. The van der Waals surface area contributed by atoms with Crippen molar-refractivity contribution in [2.75, 3.05) is 18.6 Å². The van der Waals surface area contributed by atoms with Crippen molar-refractivity contribution in [3.8, 4) is 0 Å². The van der Waals surface area contributed by atoms with Gasteiger partial charge < -0.3 is 5.32 Å². The number of thioether (sulfide) groups is 1. The second-order valence-corrected chi connectivity index (χ2v) is 6.41. The number of hydrogen-bond acceptors (Lipinski definition) is 2. The standard InChI is InChI=1S/C13H18BrNS/c1-15-13(11-6-8-16-9-7-11)10-2-4-12(14)5-3-10/h2-5,11,13,15H,6-9H2,1H3. The Morgan fingerprint density at radius 1 is 1.25 bits per heavy atom. The van der Waals surface area contributed by atoms with Gasteiger partial charge in [-0.05, 0) is 55.0 Å². The van der Waals surface area contributed by atoms with E-state index in [4.69, 9.17) is 0 Å². The molecule has 0 spiro atoms. The van der Waals surface area contributed by atoms with Gasteiger partial charge in [-0.15, -0.1) is 0 Å². The lowest BCUT2D eigenvalue weighted by Gasteiger charge is -2.30. The molecule has 0 aromatic heterocycles. The molecule has 1 aromatic carbocycles. The van der Waals surface area contributed by atoms with E-state index in [0.29, 0.717) is 6.04 Å². The van der Waals surface area contributed by atoms with Gasteiger partial charge in [0.15, 0.2) is 0 Å². The Bertz CT molecular complexity index is 319. The van der Waals surface area contributed by atoms with Gasteiger partial charge in [-0.25, -0.2) is 0 Å². The van der Waals surface area contributed by atoms with Crippen LogP contribution in [0.1, 0.15) is 24.4 Å². The fourth-order valence-electron chi connectivity index (χ4n) is 2.39. The van der Waals surface area contributed by atoms with Crippen molar-refractivity contribution in [2.45, 2.75) is 18.9 Å². The lowest BCUT2D eigenvalue weighted by molar-refractivity contribution is 0.358. The van der Waals surface area contributed by atoms with Crippen LogP contribution in [-0.4, -0.2) is 18.6 Å². The largest absolute Gasteiger partial charge is 0.313 e. The molecule has 0 aliphatic carbocycles. The zero-order valence-corrected chi connectivity index (χ0v) is 12.0. The molecule has 1 saturated heterocycles. The lowest BCUT2D eigenvalue weighted by atomic mass is 9.88. The maximum absolute atomic E-state index is 3.49. The van der Waals surface area contributed by atoms with E-state index >= 15 is 0 Å². The van der Waals surface area contributed by atoms with Crippen molar-refractivity contribution < 1.29 is 0 Å². The molecule has 1 N–H and O–H groups in total. The summed E-state index contributed by atoms with van der Waals surface area (Å²) in [5, 5.41) is 3.48. The fraction of sp³-hybridized carbons (Fsp3) is 0.538. The molecule has 1 fully saturated rings. The van der Waals surface area contributed by atoms with Crippen molar-refractivity contribution >= 4 is 27.7 Å². The quantitative estimate of drug-likeness (QED) is 0.910.